The number of aromatic nitrogens is 2. The summed E-state index contributed by atoms with van der Waals surface area (Å²) in [6.45, 7) is 2.92. The van der Waals surface area contributed by atoms with E-state index in [9.17, 15) is 0 Å². The number of imidazole rings is 1. The number of benzene rings is 1. The molecule has 0 aliphatic heterocycles. The summed E-state index contributed by atoms with van der Waals surface area (Å²) in [4.78, 5) is 4.40. The van der Waals surface area contributed by atoms with Crippen molar-refractivity contribution in [1.82, 2.24) is 9.55 Å². The standard InChI is InChI=1S/C13H14Br2N2O2/c1-4-17-6-5-16-13(17)8-7-9(14)12(19-3)10(15)11(8)18-2/h5-7H,4H2,1-3H3. The summed E-state index contributed by atoms with van der Waals surface area (Å²) in [6.07, 6.45) is 3.73. The van der Waals surface area contributed by atoms with Crippen molar-refractivity contribution in [1.29, 1.82) is 0 Å². The molecule has 0 unspecified atom stereocenters. The molecule has 4 nitrogen and oxygen atoms in total. The van der Waals surface area contributed by atoms with Crippen molar-refractivity contribution in [3.8, 4) is 22.9 Å². The normalized spacial score (nSPS) is 10.6. The molecule has 2 rings (SSSR count). The van der Waals surface area contributed by atoms with E-state index < -0.39 is 0 Å². The smallest absolute Gasteiger partial charge is 0.151 e. The molecular weight excluding hydrogens is 376 g/mol. The van der Waals surface area contributed by atoms with Gasteiger partial charge in [0.2, 0.25) is 0 Å². The van der Waals surface area contributed by atoms with Crippen LogP contribution in [0.15, 0.2) is 27.4 Å². The van der Waals surface area contributed by atoms with Crippen molar-refractivity contribution < 1.29 is 9.47 Å². The van der Waals surface area contributed by atoms with E-state index in [0.717, 1.165) is 26.9 Å². The first-order chi connectivity index (χ1) is 9.13. The molecule has 6 heteroatoms. The molecule has 0 fully saturated rings. The second-order valence-electron chi connectivity index (χ2n) is 3.82. The van der Waals surface area contributed by atoms with Gasteiger partial charge in [0, 0.05) is 18.9 Å². The molecule has 0 bridgehead atoms. The minimum Gasteiger partial charge on any atom is -0.495 e. The van der Waals surface area contributed by atoms with Gasteiger partial charge in [-0.15, -0.1) is 0 Å². The minimum absolute atomic E-state index is 0.704. The highest BCUT2D eigenvalue weighted by Crippen LogP contribution is 2.45. The van der Waals surface area contributed by atoms with Crippen LogP contribution in [-0.2, 0) is 6.54 Å². The van der Waals surface area contributed by atoms with Gasteiger partial charge in [-0.05, 0) is 44.8 Å². The van der Waals surface area contributed by atoms with E-state index in [0.29, 0.717) is 11.5 Å². The van der Waals surface area contributed by atoms with Crippen LogP contribution in [0.5, 0.6) is 11.5 Å². The maximum absolute atomic E-state index is 5.50. The molecule has 19 heavy (non-hydrogen) atoms. The lowest BCUT2D eigenvalue weighted by molar-refractivity contribution is 0.388. The van der Waals surface area contributed by atoms with E-state index in [1.54, 1.807) is 20.4 Å². The van der Waals surface area contributed by atoms with Crippen molar-refractivity contribution in [3.63, 3.8) is 0 Å². The fraction of sp³-hybridized carbons (Fsp3) is 0.308. The molecule has 0 saturated heterocycles. The van der Waals surface area contributed by atoms with Gasteiger partial charge in [0.25, 0.3) is 0 Å². The zero-order valence-electron chi connectivity index (χ0n) is 10.9. The Morgan fingerprint density at radius 3 is 2.47 bits per heavy atom. The summed E-state index contributed by atoms with van der Waals surface area (Å²) in [7, 11) is 3.26. The van der Waals surface area contributed by atoms with Gasteiger partial charge in [0.05, 0.1) is 24.3 Å². The highest BCUT2D eigenvalue weighted by atomic mass is 79.9. The number of rotatable bonds is 4. The second-order valence-corrected chi connectivity index (χ2v) is 5.47. The van der Waals surface area contributed by atoms with Crippen LogP contribution >= 0.6 is 31.9 Å². The van der Waals surface area contributed by atoms with Crippen LogP contribution in [0.3, 0.4) is 0 Å². The van der Waals surface area contributed by atoms with Crippen LogP contribution < -0.4 is 9.47 Å². The molecule has 2 aromatic rings. The first-order valence-corrected chi connectivity index (χ1v) is 7.34. The highest BCUT2D eigenvalue weighted by Gasteiger charge is 2.20. The third-order valence-electron chi connectivity index (χ3n) is 2.84. The Morgan fingerprint density at radius 2 is 1.89 bits per heavy atom. The molecule has 0 spiro atoms. The first-order valence-electron chi connectivity index (χ1n) is 5.75. The first kappa shape index (κ1) is 14.4. The maximum Gasteiger partial charge on any atom is 0.151 e. The molecule has 0 N–H and O–H groups in total. The molecule has 1 aromatic heterocycles. The van der Waals surface area contributed by atoms with Crippen LogP contribution in [0.2, 0.25) is 0 Å². The Hall–Kier alpha value is -1.01. The van der Waals surface area contributed by atoms with Gasteiger partial charge < -0.3 is 14.0 Å². The van der Waals surface area contributed by atoms with Crippen LogP contribution in [0.25, 0.3) is 11.4 Å². The Kier molecular flexibility index (Phi) is 4.52. The van der Waals surface area contributed by atoms with Gasteiger partial charge in [-0.2, -0.15) is 0 Å². The van der Waals surface area contributed by atoms with Crippen molar-refractivity contribution in [2.75, 3.05) is 14.2 Å². The second kappa shape index (κ2) is 5.96. The van der Waals surface area contributed by atoms with Gasteiger partial charge >= 0.3 is 0 Å². The average Bonchev–Trinajstić information content (AvgIpc) is 2.86. The van der Waals surface area contributed by atoms with Crippen molar-refractivity contribution >= 4 is 31.9 Å². The summed E-state index contributed by atoms with van der Waals surface area (Å²) in [5.74, 6) is 2.28. The lowest BCUT2D eigenvalue weighted by Gasteiger charge is -2.15. The lowest BCUT2D eigenvalue weighted by atomic mass is 10.1. The zero-order chi connectivity index (χ0) is 14.0. The number of hydrogen-bond acceptors (Lipinski definition) is 3. The number of methoxy groups -OCH3 is 2. The molecule has 0 saturated carbocycles. The molecule has 0 amide bonds. The largest absolute Gasteiger partial charge is 0.495 e. The highest BCUT2D eigenvalue weighted by molar-refractivity contribution is 9.11. The van der Waals surface area contributed by atoms with Gasteiger partial charge in [-0.3, -0.25) is 0 Å². The topological polar surface area (TPSA) is 36.3 Å². The van der Waals surface area contributed by atoms with Crippen molar-refractivity contribution in [2.24, 2.45) is 0 Å². The number of hydrogen-bond donors (Lipinski definition) is 0. The maximum atomic E-state index is 5.50. The van der Waals surface area contributed by atoms with Gasteiger partial charge in [-0.25, -0.2) is 4.98 Å². The van der Waals surface area contributed by atoms with Crippen LogP contribution in [0, 0.1) is 0 Å². The van der Waals surface area contributed by atoms with Crippen molar-refractivity contribution in [2.45, 2.75) is 13.5 Å². The summed E-state index contributed by atoms with van der Waals surface area (Å²) in [5, 5.41) is 0. The molecule has 0 radical (unpaired) electrons. The van der Waals surface area contributed by atoms with Gasteiger partial charge in [-0.1, -0.05) is 0 Å². The molecule has 0 aliphatic rings. The monoisotopic (exact) mass is 388 g/mol. The van der Waals surface area contributed by atoms with E-state index >= 15 is 0 Å². The van der Waals surface area contributed by atoms with Gasteiger partial charge in [0.15, 0.2) is 5.75 Å². The fourth-order valence-corrected chi connectivity index (χ4v) is 3.55. The van der Waals surface area contributed by atoms with E-state index in [1.807, 2.05) is 12.3 Å². The van der Waals surface area contributed by atoms with Crippen LogP contribution in [-0.4, -0.2) is 23.8 Å². The Labute approximate surface area is 129 Å². The number of ether oxygens (including phenoxy) is 2. The number of nitrogens with zero attached hydrogens (tertiary/aromatic N) is 2. The molecular formula is C13H14Br2N2O2. The van der Waals surface area contributed by atoms with Crippen molar-refractivity contribution in [3.05, 3.63) is 27.4 Å². The average molecular weight is 390 g/mol. The quantitative estimate of drug-likeness (QED) is 0.789. The molecule has 0 atom stereocenters. The summed E-state index contributed by atoms with van der Waals surface area (Å²) >= 11 is 7.02. The predicted molar refractivity (Wildman–Crippen MR) is 81.8 cm³/mol. The lowest BCUT2D eigenvalue weighted by Crippen LogP contribution is -2.00. The Balaban J connectivity index is 2.70. The summed E-state index contributed by atoms with van der Waals surface area (Å²) in [6, 6.07) is 1.96. The third kappa shape index (κ3) is 2.51. The summed E-state index contributed by atoms with van der Waals surface area (Å²) < 4.78 is 14.5. The van der Waals surface area contributed by atoms with Crippen LogP contribution in [0.1, 0.15) is 6.92 Å². The third-order valence-corrected chi connectivity index (χ3v) is 4.15. The van der Waals surface area contributed by atoms with E-state index in [4.69, 9.17) is 9.47 Å². The van der Waals surface area contributed by atoms with E-state index in [2.05, 4.69) is 48.3 Å². The van der Waals surface area contributed by atoms with E-state index in [1.165, 1.54) is 0 Å². The Morgan fingerprint density at radius 1 is 1.21 bits per heavy atom. The number of halogens is 2. The summed E-state index contributed by atoms with van der Waals surface area (Å²) in [5.41, 5.74) is 0.911. The van der Waals surface area contributed by atoms with Gasteiger partial charge in [0.1, 0.15) is 16.0 Å². The molecule has 102 valence electrons. The van der Waals surface area contributed by atoms with Crippen LogP contribution in [0.4, 0.5) is 0 Å². The minimum atomic E-state index is 0.704. The number of aryl methyl sites for hydroxylation is 1. The molecule has 1 aromatic carbocycles. The molecule has 1 heterocycles. The van der Waals surface area contributed by atoms with E-state index in [-0.39, 0.29) is 0 Å². The Bertz CT molecular complexity index is 597. The SMILES string of the molecule is CCn1ccnc1-c1cc(Br)c(OC)c(Br)c1OC. The zero-order valence-corrected chi connectivity index (χ0v) is 14.1. The molecule has 0 aliphatic carbocycles. The fourth-order valence-electron chi connectivity index (χ4n) is 1.95. The predicted octanol–water partition coefficient (Wildman–Crippen LogP) is 4.11.